The average Bonchev–Trinajstić information content (AvgIpc) is 3.72. The van der Waals surface area contributed by atoms with Gasteiger partial charge in [0.15, 0.2) is 11.5 Å². The maximum absolute atomic E-state index is 13.3. The van der Waals surface area contributed by atoms with Crippen molar-refractivity contribution >= 4 is 5.91 Å². The van der Waals surface area contributed by atoms with Crippen LogP contribution in [0.25, 0.3) is 0 Å². The summed E-state index contributed by atoms with van der Waals surface area (Å²) in [6.45, 7) is 0. The molecule has 0 spiro atoms. The summed E-state index contributed by atoms with van der Waals surface area (Å²) < 4.78 is 49.9. The topological polar surface area (TPSA) is 59.6 Å². The molecular formula is C29H31F3N2O3. The fraction of sp³-hybridized carbons (Fsp3) is 0.345. The van der Waals surface area contributed by atoms with E-state index in [9.17, 15) is 18.0 Å². The number of nitrogens with one attached hydrogen (secondary N) is 2. The van der Waals surface area contributed by atoms with Crippen LogP contribution >= 0.6 is 0 Å². The summed E-state index contributed by atoms with van der Waals surface area (Å²) in [5, 5.41) is 6.62. The fourth-order valence-corrected chi connectivity index (χ4v) is 4.27. The molecule has 196 valence electrons. The Bertz CT molecular complexity index is 1180. The minimum Gasteiger partial charge on any atom is -0.493 e. The third kappa shape index (κ3) is 7.04. The molecule has 2 N–H and O–H groups in total. The molecule has 0 aromatic heterocycles. The molecule has 3 aromatic rings. The first-order valence-electron chi connectivity index (χ1n) is 12.3. The minimum atomic E-state index is -4.37. The van der Waals surface area contributed by atoms with Crippen molar-refractivity contribution in [2.45, 2.75) is 50.0 Å². The van der Waals surface area contributed by atoms with Gasteiger partial charge in [-0.15, -0.1) is 0 Å². The van der Waals surface area contributed by atoms with Crippen molar-refractivity contribution in [3.8, 4) is 11.5 Å². The lowest BCUT2D eigenvalue weighted by Gasteiger charge is -2.27. The normalized spacial score (nSPS) is 15.1. The van der Waals surface area contributed by atoms with Gasteiger partial charge in [-0.1, -0.05) is 48.5 Å². The standard InChI is InChI=1S/C29H31F3N2O3/c1-36-25-17-11-21(18-26(25)37-2)24(16-10-19-8-12-22(13-9-19)29(30,31)32)34-27(20-6-4-3-5-7-20)28(35)33-23-14-15-23/h3-9,11-13,17-18,23-24,27,34H,10,14-16H2,1-2H3,(H,33,35)/t24?,27-/m1/s1. The first-order chi connectivity index (χ1) is 17.8. The zero-order valence-corrected chi connectivity index (χ0v) is 20.8. The smallest absolute Gasteiger partial charge is 0.416 e. The molecule has 0 aliphatic heterocycles. The van der Waals surface area contributed by atoms with E-state index >= 15 is 0 Å². The number of alkyl halides is 3. The largest absolute Gasteiger partial charge is 0.493 e. The molecular weight excluding hydrogens is 481 g/mol. The quantitative estimate of drug-likeness (QED) is 0.331. The van der Waals surface area contributed by atoms with E-state index in [2.05, 4.69) is 10.6 Å². The first kappa shape index (κ1) is 26.5. The Morgan fingerprint density at radius 2 is 1.59 bits per heavy atom. The monoisotopic (exact) mass is 512 g/mol. The van der Waals surface area contributed by atoms with Crippen molar-refractivity contribution in [2.24, 2.45) is 0 Å². The minimum absolute atomic E-state index is 0.103. The molecule has 0 radical (unpaired) electrons. The SMILES string of the molecule is COc1ccc(C(CCc2ccc(C(F)(F)F)cc2)N[C@@H](C(=O)NC2CC2)c2ccccc2)cc1OC. The van der Waals surface area contributed by atoms with Gasteiger partial charge in [0, 0.05) is 12.1 Å². The van der Waals surface area contributed by atoms with Gasteiger partial charge < -0.3 is 14.8 Å². The van der Waals surface area contributed by atoms with Crippen molar-refractivity contribution in [1.29, 1.82) is 0 Å². The van der Waals surface area contributed by atoms with E-state index in [1.165, 1.54) is 12.1 Å². The maximum Gasteiger partial charge on any atom is 0.416 e. The fourth-order valence-electron chi connectivity index (χ4n) is 4.27. The lowest BCUT2D eigenvalue weighted by Crippen LogP contribution is -2.40. The van der Waals surface area contributed by atoms with Gasteiger partial charge in [-0.2, -0.15) is 13.2 Å². The predicted molar refractivity (Wildman–Crippen MR) is 136 cm³/mol. The van der Waals surface area contributed by atoms with E-state index < -0.39 is 17.8 Å². The van der Waals surface area contributed by atoms with E-state index in [1.807, 2.05) is 48.5 Å². The molecule has 3 aromatic carbocycles. The number of benzene rings is 3. The van der Waals surface area contributed by atoms with Crippen molar-refractivity contribution in [3.63, 3.8) is 0 Å². The number of aryl methyl sites for hydroxylation is 1. The van der Waals surface area contributed by atoms with Crippen LogP contribution in [-0.4, -0.2) is 26.2 Å². The molecule has 0 saturated heterocycles. The molecule has 5 nitrogen and oxygen atoms in total. The number of halogens is 3. The Labute approximate surface area is 215 Å². The number of ether oxygens (including phenoxy) is 2. The highest BCUT2D eigenvalue weighted by atomic mass is 19.4. The molecule has 1 aliphatic rings. The van der Waals surface area contributed by atoms with Crippen molar-refractivity contribution < 1.29 is 27.4 Å². The van der Waals surface area contributed by atoms with Gasteiger partial charge in [0.25, 0.3) is 0 Å². The Morgan fingerprint density at radius 1 is 0.919 bits per heavy atom. The second kappa shape index (κ2) is 11.7. The molecule has 1 fully saturated rings. The summed E-state index contributed by atoms with van der Waals surface area (Å²) in [5.41, 5.74) is 1.82. The molecule has 1 unspecified atom stereocenters. The summed E-state index contributed by atoms with van der Waals surface area (Å²) in [6, 6.07) is 19.6. The number of hydrogen-bond donors (Lipinski definition) is 2. The molecule has 0 bridgehead atoms. The third-order valence-electron chi connectivity index (χ3n) is 6.50. The molecule has 37 heavy (non-hydrogen) atoms. The Morgan fingerprint density at radius 3 is 2.19 bits per heavy atom. The summed E-state index contributed by atoms with van der Waals surface area (Å²) in [7, 11) is 3.12. The Kier molecular flexibility index (Phi) is 8.38. The third-order valence-corrected chi connectivity index (χ3v) is 6.50. The highest BCUT2D eigenvalue weighted by molar-refractivity contribution is 5.83. The van der Waals surface area contributed by atoms with Crippen LogP contribution in [0.5, 0.6) is 11.5 Å². The van der Waals surface area contributed by atoms with Crippen LogP contribution in [0.3, 0.4) is 0 Å². The number of hydrogen-bond acceptors (Lipinski definition) is 4. The van der Waals surface area contributed by atoms with E-state index in [0.29, 0.717) is 24.3 Å². The average molecular weight is 513 g/mol. The highest BCUT2D eigenvalue weighted by Crippen LogP contribution is 2.34. The predicted octanol–water partition coefficient (Wildman–Crippen LogP) is 6.01. The molecule has 0 heterocycles. The zero-order chi connectivity index (χ0) is 26.4. The van der Waals surface area contributed by atoms with Gasteiger partial charge >= 0.3 is 6.18 Å². The van der Waals surface area contributed by atoms with Gasteiger partial charge in [-0.25, -0.2) is 0 Å². The Balaban J connectivity index is 1.62. The zero-order valence-electron chi connectivity index (χ0n) is 20.8. The van der Waals surface area contributed by atoms with Crippen LogP contribution < -0.4 is 20.1 Å². The second-order valence-corrected chi connectivity index (χ2v) is 9.19. The van der Waals surface area contributed by atoms with E-state index in [1.54, 1.807) is 14.2 Å². The highest BCUT2D eigenvalue weighted by Gasteiger charge is 2.31. The van der Waals surface area contributed by atoms with Crippen LogP contribution in [0.2, 0.25) is 0 Å². The number of rotatable bonds is 11. The second-order valence-electron chi connectivity index (χ2n) is 9.19. The number of methoxy groups -OCH3 is 2. The Hall–Kier alpha value is -3.52. The van der Waals surface area contributed by atoms with Gasteiger partial charge in [0.05, 0.1) is 19.8 Å². The van der Waals surface area contributed by atoms with Crippen LogP contribution in [-0.2, 0) is 17.4 Å². The number of carbonyl (C=O) groups excluding carboxylic acids is 1. The van der Waals surface area contributed by atoms with E-state index in [-0.39, 0.29) is 18.0 Å². The molecule has 2 atom stereocenters. The maximum atomic E-state index is 13.3. The van der Waals surface area contributed by atoms with E-state index in [4.69, 9.17) is 9.47 Å². The summed E-state index contributed by atoms with van der Waals surface area (Å²) >= 11 is 0. The number of amides is 1. The van der Waals surface area contributed by atoms with Crippen molar-refractivity contribution in [3.05, 3.63) is 95.1 Å². The van der Waals surface area contributed by atoms with Crippen LogP contribution in [0, 0.1) is 0 Å². The lowest BCUT2D eigenvalue weighted by atomic mass is 9.95. The molecule has 8 heteroatoms. The summed E-state index contributed by atoms with van der Waals surface area (Å²) in [5.74, 6) is 1.03. The summed E-state index contributed by atoms with van der Waals surface area (Å²) in [6.07, 6.45) is -1.38. The van der Waals surface area contributed by atoms with Gasteiger partial charge in [0.1, 0.15) is 6.04 Å². The van der Waals surface area contributed by atoms with Gasteiger partial charge in [-0.3, -0.25) is 10.1 Å². The first-order valence-corrected chi connectivity index (χ1v) is 12.3. The van der Waals surface area contributed by atoms with Crippen LogP contribution in [0.15, 0.2) is 72.8 Å². The van der Waals surface area contributed by atoms with Gasteiger partial charge in [-0.05, 0) is 66.6 Å². The number of carbonyl (C=O) groups is 1. The van der Waals surface area contributed by atoms with Crippen LogP contribution in [0.1, 0.15) is 53.6 Å². The van der Waals surface area contributed by atoms with Gasteiger partial charge in [0.2, 0.25) is 5.91 Å². The van der Waals surface area contributed by atoms with Crippen molar-refractivity contribution in [1.82, 2.24) is 10.6 Å². The van der Waals surface area contributed by atoms with E-state index in [0.717, 1.165) is 41.7 Å². The molecule has 1 saturated carbocycles. The molecule has 1 aliphatic carbocycles. The lowest BCUT2D eigenvalue weighted by molar-refractivity contribution is -0.137. The molecule has 1 amide bonds. The molecule has 4 rings (SSSR count). The van der Waals surface area contributed by atoms with Crippen molar-refractivity contribution in [2.75, 3.05) is 14.2 Å². The van der Waals surface area contributed by atoms with Crippen LogP contribution in [0.4, 0.5) is 13.2 Å². The summed E-state index contributed by atoms with van der Waals surface area (Å²) in [4.78, 5) is 13.3.